The van der Waals surface area contributed by atoms with Crippen molar-refractivity contribution in [2.45, 2.75) is 26.8 Å². The summed E-state index contributed by atoms with van der Waals surface area (Å²) in [6.45, 7) is 7.64. The highest BCUT2D eigenvalue weighted by Gasteiger charge is 2.29. The normalized spacial score (nSPS) is 13.5. The van der Waals surface area contributed by atoms with E-state index in [9.17, 15) is 9.59 Å². The van der Waals surface area contributed by atoms with E-state index < -0.39 is 11.4 Å². The van der Waals surface area contributed by atoms with Gasteiger partial charge in [0.05, 0.1) is 28.9 Å². The molecule has 1 fully saturated rings. The van der Waals surface area contributed by atoms with E-state index >= 15 is 0 Å². The summed E-state index contributed by atoms with van der Waals surface area (Å²) in [4.78, 5) is 38.5. The number of aromatic nitrogens is 3. The molecular formula is C23H27Cl2N5O3. The van der Waals surface area contributed by atoms with Gasteiger partial charge in [0.25, 0.3) is 0 Å². The van der Waals surface area contributed by atoms with Crippen LogP contribution in [0.25, 0.3) is 16.7 Å². The molecule has 1 saturated heterocycles. The number of carbonyl (C=O) groups is 1. The third kappa shape index (κ3) is 4.98. The summed E-state index contributed by atoms with van der Waals surface area (Å²) < 4.78 is 6.64. The van der Waals surface area contributed by atoms with E-state index in [-0.39, 0.29) is 33.4 Å². The van der Waals surface area contributed by atoms with Gasteiger partial charge >= 0.3 is 5.97 Å². The molecule has 0 atom stereocenters. The van der Waals surface area contributed by atoms with Crippen LogP contribution in [0.5, 0.6) is 0 Å². The maximum atomic E-state index is 12.9. The van der Waals surface area contributed by atoms with Gasteiger partial charge < -0.3 is 14.5 Å². The number of likely N-dealkylation sites (N-methyl/N-ethyl adjacent to an activating group) is 1. The summed E-state index contributed by atoms with van der Waals surface area (Å²) in [5.41, 5.74) is 0.263. The second-order valence-corrected chi connectivity index (χ2v) is 8.26. The van der Waals surface area contributed by atoms with Gasteiger partial charge in [0.15, 0.2) is 0 Å². The number of hydrogen-bond donors (Lipinski definition) is 0. The number of ether oxygens (including phenoxy) is 1. The predicted molar refractivity (Wildman–Crippen MR) is 132 cm³/mol. The van der Waals surface area contributed by atoms with Crippen LogP contribution >= 0.6 is 23.2 Å². The number of esters is 1. The van der Waals surface area contributed by atoms with Crippen LogP contribution in [0.1, 0.15) is 31.1 Å². The Morgan fingerprint density at radius 1 is 1.24 bits per heavy atom. The molecule has 0 N–H and O–H groups in total. The quantitative estimate of drug-likeness (QED) is 0.393. The minimum Gasteiger partial charge on any atom is -0.462 e. The average Bonchev–Trinajstić information content (AvgIpc) is 2.76. The van der Waals surface area contributed by atoms with E-state index in [0.717, 1.165) is 18.9 Å². The first-order valence-electron chi connectivity index (χ1n) is 10.8. The van der Waals surface area contributed by atoms with Gasteiger partial charge in [-0.1, -0.05) is 37.0 Å². The lowest BCUT2D eigenvalue weighted by atomic mass is 10.1. The third-order valence-corrected chi connectivity index (χ3v) is 5.98. The Kier molecular flexibility index (Phi) is 7.94. The lowest BCUT2D eigenvalue weighted by molar-refractivity contribution is 0.0524. The molecular weight excluding hydrogens is 465 g/mol. The molecule has 33 heavy (non-hydrogen) atoms. The SMILES string of the molecule is CC.CCOC(=O)c1cn(-c2ccc(N3CC(N(C)C)C3)nc2)c2nc(Cl)c(Cl)cc2c1=O. The maximum absolute atomic E-state index is 12.9. The maximum Gasteiger partial charge on any atom is 0.343 e. The highest BCUT2D eigenvalue weighted by molar-refractivity contribution is 6.41. The Labute approximate surface area is 202 Å². The van der Waals surface area contributed by atoms with Crippen molar-refractivity contribution in [2.75, 3.05) is 38.7 Å². The first-order chi connectivity index (χ1) is 15.8. The number of hydrogen-bond acceptors (Lipinski definition) is 7. The van der Waals surface area contributed by atoms with E-state index in [1.807, 2.05) is 26.0 Å². The molecule has 4 rings (SSSR count). The largest absolute Gasteiger partial charge is 0.462 e. The fraction of sp³-hybridized carbons (Fsp3) is 0.391. The summed E-state index contributed by atoms with van der Waals surface area (Å²) in [6.07, 6.45) is 3.07. The van der Waals surface area contributed by atoms with Crippen LogP contribution in [0.4, 0.5) is 5.82 Å². The minimum absolute atomic E-state index is 0.0612. The summed E-state index contributed by atoms with van der Waals surface area (Å²) >= 11 is 12.2. The van der Waals surface area contributed by atoms with Crippen molar-refractivity contribution in [3.05, 3.63) is 56.6 Å². The van der Waals surface area contributed by atoms with Gasteiger partial charge in [-0.25, -0.2) is 14.8 Å². The lowest BCUT2D eigenvalue weighted by Crippen LogP contribution is -2.57. The van der Waals surface area contributed by atoms with Crippen LogP contribution in [0.3, 0.4) is 0 Å². The number of nitrogens with zero attached hydrogens (tertiary/aromatic N) is 5. The molecule has 1 aliphatic heterocycles. The molecule has 0 amide bonds. The molecule has 176 valence electrons. The summed E-state index contributed by atoms with van der Waals surface area (Å²) in [6, 6.07) is 5.67. The summed E-state index contributed by atoms with van der Waals surface area (Å²) in [5.74, 6) is 0.140. The van der Waals surface area contributed by atoms with E-state index in [0.29, 0.717) is 11.7 Å². The van der Waals surface area contributed by atoms with Gasteiger partial charge in [-0.15, -0.1) is 0 Å². The number of fused-ring (bicyclic) bond motifs is 1. The molecule has 0 saturated carbocycles. The zero-order chi connectivity index (χ0) is 24.3. The predicted octanol–water partition coefficient (Wildman–Crippen LogP) is 4.04. The topological polar surface area (TPSA) is 80.6 Å². The first kappa shape index (κ1) is 25.0. The van der Waals surface area contributed by atoms with Gasteiger partial charge in [-0.05, 0) is 39.2 Å². The van der Waals surface area contributed by atoms with Crippen molar-refractivity contribution >= 4 is 46.0 Å². The van der Waals surface area contributed by atoms with E-state index in [1.165, 1.54) is 12.3 Å². The number of halogens is 2. The molecule has 1 aliphatic rings. The smallest absolute Gasteiger partial charge is 0.343 e. The first-order valence-corrected chi connectivity index (χ1v) is 11.5. The Balaban J connectivity index is 0.00000149. The molecule has 4 heterocycles. The van der Waals surface area contributed by atoms with Gasteiger partial charge in [0.1, 0.15) is 22.2 Å². The number of anilines is 1. The highest BCUT2D eigenvalue weighted by Crippen LogP contribution is 2.26. The fourth-order valence-corrected chi connectivity index (χ4v) is 3.72. The van der Waals surface area contributed by atoms with E-state index in [4.69, 9.17) is 27.9 Å². The molecule has 0 aromatic carbocycles. The average molecular weight is 492 g/mol. The standard InChI is InChI=1S/C21H21Cl2N5O3.C2H6/c1-4-31-21(30)15-11-28(20-14(18(15)29)7-16(22)19(23)25-20)12-5-6-17(24-8-12)27-9-13(10-27)26(2)3;1-2/h5-8,11,13H,4,9-10H2,1-3H3;1-2H3. The summed E-state index contributed by atoms with van der Waals surface area (Å²) in [5, 5.41) is 0.354. The van der Waals surface area contributed by atoms with Gasteiger partial charge in [0, 0.05) is 25.3 Å². The van der Waals surface area contributed by atoms with Crippen molar-refractivity contribution in [1.82, 2.24) is 19.4 Å². The molecule has 3 aromatic rings. The van der Waals surface area contributed by atoms with Gasteiger partial charge in [-0.2, -0.15) is 0 Å². The van der Waals surface area contributed by atoms with Crippen molar-refractivity contribution < 1.29 is 9.53 Å². The van der Waals surface area contributed by atoms with Crippen molar-refractivity contribution in [1.29, 1.82) is 0 Å². The van der Waals surface area contributed by atoms with Crippen LogP contribution in [-0.2, 0) is 4.74 Å². The van der Waals surface area contributed by atoms with Crippen LogP contribution in [-0.4, -0.2) is 65.2 Å². The Bertz CT molecular complexity index is 1210. The molecule has 0 spiro atoms. The Morgan fingerprint density at radius 2 is 1.94 bits per heavy atom. The third-order valence-electron chi connectivity index (χ3n) is 5.31. The Morgan fingerprint density at radius 3 is 2.52 bits per heavy atom. The number of rotatable bonds is 5. The zero-order valence-corrected chi connectivity index (χ0v) is 20.8. The van der Waals surface area contributed by atoms with Crippen LogP contribution in [0.2, 0.25) is 10.2 Å². The second kappa shape index (κ2) is 10.5. The van der Waals surface area contributed by atoms with Crippen LogP contribution in [0, 0.1) is 0 Å². The molecule has 10 heteroatoms. The monoisotopic (exact) mass is 491 g/mol. The molecule has 0 aliphatic carbocycles. The molecule has 8 nitrogen and oxygen atoms in total. The zero-order valence-electron chi connectivity index (χ0n) is 19.3. The van der Waals surface area contributed by atoms with Crippen LogP contribution in [0.15, 0.2) is 35.4 Å². The minimum atomic E-state index is -0.714. The number of pyridine rings is 3. The van der Waals surface area contributed by atoms with Crippen LogP contribution < -0.4 is 10.3 Å². The molecule has 0 radical (unpaired) electrons. The van der Waals surface area contributed by atoms with Gasteiger partial charge in [0.2, 0.25) is 5.43 Å². The van der Waals surface area contributed by atoms with Crippen molar-refractivity contribution in [3.8, 4) is 5.69 Å². The van der Waals surface area contributed by atoms with E-state index in [1.54, 1.807) is 17.7 Å². The van der Waals surface area contributed by atoms with E-state index in [2.05, 4.69) is 33.9 Å². The fourth-order valence-electron chi connectivity index (χ4n) is 3.43. The van der Waals surface area contributed by atoms with Gasteiger partial charge in [-0.3, -0.25) is 9.36 Å². The number of carbonyl (C=O) groups excluding carboxylic acids is 1. The molecule has 3 aromatic heterocycles. The van der Waals surface area contributed by atoms with Crippen molar-refractivity contribution in [3.63, 3.8) is 0 Å². The molecule has 0 unspecified atom stereocenters. The Hall–Kier alpha value is -2.68. The lowest BCUT2D eigenvalue weighted by Gasteiger charge is -2.43. The van der Waals surface area contributed by atoms with Crippen molar-refractivity contribution in [2.24, 2.45) is 0 Å². The molecule has 0 bridgehead atoms. The second-order valence-electron chi connectivity index (χ2n) is 7.49. The summed E-state index contributed by atoms with van der Waals surface area (Å²) in [7, 11) is 4.12. The highest BCUT2D eigenvalue weighted by atomic mass is 35.5.